The number of methoxy groups -OCH3 is 2. The summed E-state index contributed by atoms with van der Waals surface area (Å²) >= 11 is 0. The highest BCUT2D eigenvalue weighted by atomic mass is 16.5. The molecular weight excluding hydrogens is 470 g/mol. The molecule has 1 atom stereocenters. The fourth-order valence-corrected chi connectivity index (χ4v) is 4.69. The monoisotopic (exact) mass is 499 g/mol. The summed E-state index contributed by atoms with van der Waals surface area (Å²) in [5, 5.41) is 2.98. The first-order valence-electron chi connectivity index (χ1n) is 12.2. The lowest BCUT2D eigenvalue weighted by Crippen LogP contribution is -2.44. The normalized spacial score (nSPS) is 15.4. The highest BCUT2D eigenvalue weighted by molar-refractivity contribution is 5.93. The Morgan fingerprint density at radius 1 is 1.05 bits per heavy atom. The molecule has 0 aliphatic carbocycles. The van der Waals surface area contributed by atoms with Crippen LogP contribution in [-0.2, 0) is 11.3 Å². The number of carbonyl (C=O) groups excluding carboxylic acids is 1. The van der Waals surface area contributed by atoms with Crippen molar-refractivity contribution in [3.8, 4) is 11.5 Å². The molecule has 9 heteroatoms. The largest absolute Gasteiger partial charge is 0.497 e. The lowest BCUT2D eigenvalue weighted by atomic mass is 9.97. The topological polar surface area (TPSA) is 98.6 Å². The van der Waals surface area contributed by atoms with E-state index in [-0.39, 0.29) is 17.4 Å². The van der Waals surface area contributed by atoms with E-state index in [1.54, 1.807) is 43.2 Å². The maximum Gasteiger partial charge on any atom is 0.295 e. The molecule has 37 heavy (non-hydrogen) atoms. The van der Waals surface area contributed by atoms with E-state index in [1.807, 2.05) is 47.4 Å². The zero-order valence-corrected chi connectivity index (χ0v) is 20.9. The van der Waals surface area contributed by atoms with Gasteiger partial charge >= 0.3 is 0 Å². The second kappa shape index (κ2) is 10.7. The Morgan fingerprint density at radius 3 is 2.54 bits per heavy atom. The van der Waals surface area contributed by atoms with Gasteiger partial charge in [-0.1, -0.05) is 30.3 Å². The van der Waals surface area contributed by atoms with Crippen LogP contribution in [0.4, 0.5) is 11.5 Å². The Bertz CT molecular complexity index is 1450. The van der Waals surface area contributed by atoms with Gasteiger partial charge in [0.1, 0.15) is 17.0 Å². The maximum atomic E-state index is 13.7. The number of aromatic nitrogens is 3. The number of nitrogens with zero attached hydrogens (tertiary/aromatic N) is 4. The fourth-order valence-electron chi connectivity index (χ4n) is 4.69. The van der Waals surface area contributed by atoms with Crippen LogP contribution in [0.2, 0.25) is 0 Å². The second-order valence-corrected chi connectivity index (χ2v) is 9.03. The number of hydrogen-bond acceptors (Lipinski definition) is 7. The van der Waals surface area contributed by atoms with Crippen LogP contribution < -0.4 is 25.2 Å². The van der Waals surface area contributed by atoms with Gasteiger partial charge < -0.3 is 19.7 Å². The Labute approximate surface area is 214 Å². The molecule has 0 radical (unpaired) electrons. The van der Waals surface area contributed by atoms with Crippen molar-refractivity contribution in [2.45, 2.75) is 19.4 Å². The molecule has 1 amide bonds. The number of ether oxygens (including phenoxy) is 2. The molecule has 0 bridgehead atoms. The van der Waals surface area contributed by atoms with Crippen LogP contribution in [0.5, 0.6) is 11.5 Å². The summed E-state index contributed by atoms with van der Waals surface area (Å²) in [6, 6.07) is 18.7. The molecule has 1 fully saturated rings. The fraction of sp³-hybridized carbons (Fsp3) is 0.286. The molecule has 0 unspecified atom stereocenters. The van der Waals surface area contributed by atoms with Crippen LogP contribution in [0, 0.1) is 5.92 Å². The van der Waals surface area contributed by atoms with Crippen LogP contribution in [0.25, 0.3) is 11.2 Å². The first kappa shape index (κ1) is 24.3. The van der Waals surface area contributed by atoms with Crippen molar-refractivity contribution in [3.63, 3.8) is 0 Å². The van der Waals surface area contributed by atoms with Crippen molar-refractivity contribution in [1.82, 2.24) is 14.5 Å². The van der Waals surface area contributed by atoms with E-state index in [1.165, 1.54) is 0 Å². The molecule has 2 aromatic heterocycles. The Kier molecular flexibility index (Phi) is 7.02. The highest BCUT2D eigenvalue weighted by Crippen LogP contribution is 2.28. The first-order chi connectivity index (χ1) is 18.1. The highest BCUT2D eigenvalue weighted by Gasteiger charge is 2.29. The third-order valence-corrected chi connectivity index (χ3v) is 6.58. The summed E-state index contributed by atoms with van der Waals surface area (Å²) in [5.74, 6) is 1.10. The Balaban J connectivity index is 1.42. The minimum absolute atomic E-state index is 0.118. The number of nitrogens with one attached hydrogen (secondary N) is 1. The quantitative estimate of drug-likeness (QED) is 0.414. The molecule has 190 valence electrons. The number of fused-ring (bicyclic) bond motifs is 1. The first-order valence-corrected chi connectivity index (χ1v) is 12.2. The molecule has 5 rings (SSSR count). The van der Waals surface area contributed by atoms with Crippen LogP contribution in [-0.4, -0.2) is 47.8 Å². The smallest absolute Gasteiger partial charge is 0.295 e. The van der Waals surface area contributed by atoms with Crippen molar-refractivity contribution < 1.29 is 14.3 Å². The van der Waals surface area contributed by atoms with E-state index in [4.69, 9.17) is 9.47 Å². The molecule has 3 heterocycles. The number of hydrogen-bond donors (Lipinski definition) is 1. The van der Waals surface area contributed by atoms with E-state index in [2.05, 4.69) is 15.3 Å². The number of benzene rings is 2. The molecule has 2 aromatic carbocycles. The number of carbonyl (C=O) groups is 1. The van der Waals surface area contributed by atoms with Crippen molar-refractivity contribution in [3.05, 3.63) is 82.8 Å². The zero-order valence-electron chi connectivity index (χ0n) is 20.9. The second-order valence-electron chi connectivity index (χ2n) is 9.03. The molecule has 0 spiro atoms. The molecule has 1 saturated heterocycles. The van der Waals surface area contributed by atoms with E-state index in [0.29, 0.717) is 53.8 Å². The average molecular weight is 500 g/mol. The van der Waals surface area contributed by atoms with Crippen LogP contribution in [0.3, 0.4) is 0 Å². The maximum absolute atomic E-state index is 13.7. The van der Waals surface area contributed by atoms with Gasteiger partial charge in [-0.05, 0) is 30.5 Å². The van der Waals surface area contributed by atoms with Crippen molar-refractivity contribution in [2.24, 2.45) is 5.92 Å². The van der Waals surface area contributed by atoms with Gasteiger partial charge in [0.15, 0.2) is 11.5 Å². The van der Waals surface area contributed by atoms with Gasteiger partial charge in [-0.15, -0.1) is 0 Å². The predicted octanol–water partition coefficient (Wildman–Crippen LogP) is 3.71. The van der Waals surface area contributed by atoms with Crippen LogP contribution in [0.1, 0.15) is 18.4 Å². The SMILES string of the molecule is COc1cc(NC(=O)[C@@H]2CCCN(c3nc4cccnc4n(Cc4ccccc4)c3=O)C2)cc(OC)c1. The van der Waals surface area contributed by atoms with E-state index in [0.717, 1.165) is 18.4 Å². The zero-order chi connectivity index (χ0) is 25.8. The summed E-state index contributed by atoms with van der Waals surface area (Å²) in [6.45, 7) is 1.43. The Morgan fingerprint density at radius 2 is 1.81 bits per heavy atom. The average Bonchev–Trinajstić information content (AvgIpc) is 2.94. The van der Waals surface area contributed by atoms with Crippen LogP contribution in [0.15, 0.2) is 71.7 Å². The van der Waals surface area contributed by atoms with Gasteiger partial charge in [-0.3, -0.25) is 14.2 Å². The standard InChI is InChI=1S/C28H29N5O4/c1-36-22-14-21(15-23(16-22)37-2)30-27(34)20-10-7-13-32(18-20)26-28(35)33(17-19-8-4-3-5-9-19)25-24(31-26)11-6-12-29-25/h3-6,8-9,11-12,14-16,20H,7,10,13,17-18H2,1-2H3,(H,30,34)/t20-/m1/s1. The van der Waals surface area contributed by atoms with E-state index >= 15 is 0 Å². The molecule has 1 aliphatic rings. The number of rotatable bonds is 7. The minimum atomic E-state index is -0.306. The third kappa shape index (κ3) is 5.25. The van der Waals surface area contributed by atoms with E-state index < -0.39 is 0 Å². The van der Waals surface area contributed by atoms with Gasteiger partial charge in [0.05, 0.1) is 26.7 Å². The molecule has 1 aliphatic heterocycles. The lowest BCUT2D eigenvalue weighted by Gasteiger charge is -2.32. The molecule has 4 aromatic rings. The minimum Gasteiger partial charge on any atom is -0.497 e. The molecule has 1 N–H and O–H groups in total. The molecule has 9 nitrogen and oxygen atoms in total. The number of piperidine rings is 1. The van der Waals surface area contributed by atoms with Crippen molar-refractivity contribution >= 4 is 28.6 Å². The van der Waals surface area contributed by atoms with Gasteiger partial charge in [0.25, 0.3) is 5.56 Å². The summed E-state index contributed by atoms with van der Waals surface area (Å²) in [7, 11) is 3.13. The van der Waals surface area contributed by atoms with Crippen LogP contribution >= 0.6 is 0 Å². The van der Waals surface area contributed by atoms with E-state index in [9.17, 15) is 9.59 Å². The van der Waals surface area contributed by atoms with Crippen molar-refractivity contribution in [2.75, 3.05) is 37.5 Å². The number of pyridine rings is 1. The van der Waals surface area contributed by atoms with Gasteiger partial charge in [0, 0.05) is 43.2 Å². The molecular formula is C28H29N5O4. The number of amides is 1. The predicted molar refractivity (Wildman–Crippen MR) is 142 cm³/mol. The Hall–Kier alpha value is -4.40. The van der Waals surface area contributed by atoms with Gasteiger partial charge in [-0.2, -0.15) is 0 Å². The lowest BCUT2D eigenvalue weighted by molar-refractivity contribution is -0.120. The summed E-state index contributed by atoms with van der Waals surface area (Å²) in [6.07, 6.45) is 3.15. The number of anilines is 2. The van der Waals surface area contributed by atoms with Gasteiger partial charge in [0.2, 0.25) is 5.91 Å². The third-order valence-electron chi connectivity index (χ3n) is 6.58. The van der Waals surface area contributed by atoms with Crippen molar-refractivity contribution in [1.29, 1.82) is 0 Å². The summed E-state index contributed by atoms with van der Waals surface area (Å²) in [4.78, 5) is 38.0. The summed E-state index contributed by atoms with van der Waals surface area (Å²) < 4.78 is 12.3. The van der Waals surface area contributed by atoms with Gasteiger partial charge in [-0.25, -0.2) is 9.97 Å². The summed E-state index contributed by atoms with van der Waals surface area (Å²) in [5.41, 5.74) is 2.56. The molecule has 0 saturated carbocycles.